The molecule has 30 heavy (non-hydrogen) atoms. The maximum Gasteiger partial charge on any atom is 0.355 e. The molecule has 0 saturated carbocycles. The molecule has 0 radical (unpaired) electrons. The van der Waals surface area contributed by atoms with Gasteiger partial charge in [0.25, 0.3) is 5.91 Å². The first kappa shape index (κ1) is 21.2. The third kappa shape index (κ3) is 4.40. The van der Waals surface area contributed by atoms with Crippen molar-refractivity contribution in [1.82, 2.24) is 14.5 Å². The van der Waals surface area contributed by atoms with Gasteiger partial charge in [-0.1, -0.05) is 30.3 Å². The molecule has 3 rings (SSSR count). The minimum absolute atomic E-state index is 0.241. The maximum atomic E-state index is 13.1. The first-order valence-corrected chi connectivity index (χ1v) is 9.86. The number of carbonyl (C=O) groups is 2. The van der Waals surface area contributed by atoms with E-state index in [-0.39, 0.29) is 18.5 Å². The minimum atomic E-state index is -0.448. The van der Waals surface area contributed by atoms with Gasteiger partial charge in [0.15, 0.2) is 0 Å². The zero-order chi connectivity index (χ0) is 21.8. The number of amides is 1. The van der Waals surface area contributed by atoms with Crippen molar-refractivity contribution in [1.29, 1.82) is 0 Å². The van der Waals surface area contributed by atoms with Crippen molar-refractivity contribution in [2.75, 3.05) is 11.9 Å². The summed E-state index contributed by atoms with van der Waals surface area (Å²) >= 11 is 0. The Morgan fingerprint density at radius 2 is 1.67 bits per heavy atom. The summed E-state index contributed by atoms with van der Waals surface area (Å²) in [6, 6.07) is 11.6. The predicted octanol–water partition coefficient (Wildman–Crippen LogP) is 3.99. The summed E-state index contributed by atoms with van der Waals surface area (Å²) in [6.45, 7) is 9.75. The second-order valence-electron chi connectivity index (χ2n) is 7.15. The molecule has 0 aliphatic rings. The molecule has 0 aliphatic carbocycles. The fourth-order valence-electron chi connectivity index (χ4n) is 3.60. The number of aromatic nitrogens is 3. The monoisotopic (exact) mass is 406 g/mol. The van der Waals surface area contributed by atoms with Gasteiger partial charge in [-0.05, 0) is 51.8 Å². The van der Waals surface area contributed by atoms with Gasteiger partial charge in [0.05, 0.1) is 12.2 Å². The number of nitrogens with zero attached hydrogens (tertiary/aromatic N) is 3. The van der Waals surface area contributed by atoms with Crippen LogP contribution in [0.15, 0.2) is 36.4 Å². The van der Waals surface area contributed by atoms with E-state index in [1.54, 1.807) is 13.8 Å². The summed E-state index contributed by atoms with van der Waals surface area (Å²) in [6.07, 6.45) is 0. The lowest BCUT2D eigenvalue weighted by Gasteiger charge is -2.12. The highest BCUT2D eigenvalue weighted by Gasteiger charge is 2.27. The number of anilines is 1. The fraction of sp³-hybridized carbons (Fsp3) is 0.304. The number of hydrogen-bond donors (Lipinski definition) is 1. The van der Waals surface area contributed by atoms with Gasteiger partial charge in [-0.15, -0.1) is 0 Å². The van der Waals surface area contributed by atoms with E-state index < -0.39 is 5.97 Å². The number of rotatable bonds is 6. The van der Waals surface area contributed by atoms with Crippen molar-refractivity contribution in [3.8, 4) is 0 Å². The molecule has 1 amide bonds. The van der Waals surface area contributed by atoms with Crippen molar-refractivity contribution in [2.24, 2.45) is 0 Å². The van der Waals surface area contributed by atoms with Gasteiger partial charge in [-0.25, -0.2) is 14.8 Å². The normalized spacial score (nSPS) is 10.7. The van der Waals surface area contributed by atoms with Crippen molar-refractivity contribution in [2.45, 2.75) is 41.2 Å². The molecule has 2 aromatic heterocycles. The van der Waals surface area contributed by atoms with Crippen LogP contribution < -0.4 is 5.32 Å². The molecule has 0 saturated heterocycles. The number of aryl methyl sites for hydroxylation is 2. The lowest BCUT2D eigenvalue weighted by atomic mass is 10.1. The Hall–Kier alpha value is -3.48. The number of ether oxygens (including phenoxy) is 1. The van der Waals surface area contributed by atoms with Crippen molar-refractivity contribution in [3.05, 3.63) is 75.9 Å². The van der Waals surface area contributed by atoms with Crippen LogP contribution in [0.5, 0.6) is 0 Å². The molecular weight excluding hydrogens is 380 g/mol. The lowest BCUT2D eigenvalue weighted by Crippen LogP contribution is -2.17. The summed E-state index contributed by atoms with van der Waals surface area (Å²) in [7, 11) is 0. The SMILES string of the molecule is CCOC(=O)c1c(C)c(C(=O)Nc2nc(C)cc(C)n2)c(C)n1Cc1ccccc1. The van der Waals surface area contributed by atoms with Crippen LogP contribution in [0, 0.1) is 27.7 Å². The van der Waals surface area contributed by atoms with Gasteiger partial charge < -0.3 is 9.30 Å². The van der Waals surface area contributed by atoms with Gasteiger partial charge in [-0.3, -0.25) is 10.1 Å². The largest absolute Gasteiger partial charge is 0.461 e. The number of carbonyl (C=O) groups excluding carboxylic acids is 2. The smallest absolute Gasteiger partial charge is 0.355 e. The molecule has 1 aromatic carbocycles. The van der Waals surface area contributed by atoms with E-state index in [1.807, 2.05) is 61.7 Å². The van der Waals surface area contributed by atoms with E-state index in [0.717, 1.165) is 17.0 Å². The zero-order valence-corrected chi connectivity index (χ0v) is 17.9. The third-order valence-electron chi connectivity index (χ3n) is 4.85. The quantitative estimate of drug-likeness (QED) is 0.626. The van der Waals surface area contributed by atoms with Gasteiger partial charge >= 0.3 is 5.97 Å². The van der Waals surface area contributed by atoms with Crippen molar-refractivity contribution < 1.29 is 14.3 Å². The summed E-state index contributed by atoms with van der Waals surface area (Å²) < 4.78 is 7.10. The van der Waals surface area contributed by atoms with E-state index in [9.17, 15) is 9.59 Å². The van der Waals surface area contributed by atoms with Gasteiger partial charge in [0.2, 0.25) is 5.95 Å². The van der Waals surface area contributed by atoms with E-state index >= 15 is 0 Å². The Bertz CT molecular complexity index is 1070. The molecule has 0 bridgehead atoms. The van der Waals surface area contributed by atoms with Gasteiger partial charge in [-0.2, -0.15) is 0 Å². The minimum Gasteiger partial charge on any atom is -0.461 e. The lowest BCUT2D eigenvalue weighted by molar-refractivity contribution is 0.0513. The molecule has 0 fully saturated rings. The molecule has 0 unspecified atom stereocenters. The average Bonchev–Trinajstić information content (AvgIpc) is 2.92. The van der Waals surface area contributed by atoms with E-state index in [4.69, 9.17) is 4.74 Å². The molecule has 156 valence electrons. The average molecular weight is 406 g/mol. The van der Waals surface area contributed by atoms with Crippen LogP contribution in [-0.2, 0) is 11.3 Å². The molecule has 7 heteroatoms. The van der Waals surface area contributed by atoms with Crippen LogP contribution in [0.4, 0.5) is 5.95 Å². The van der Waals surface area contributed by atoms with Gasteiger partial charge in [0.1, 0.15) is 5.69 Å². The van der Waals surface area contributed by atoms with Crippen LogP contribution in [0.3, 0.4) is 0 Å². The summed E-state index contributed by atoms with van der Waals surface area (Å²) in [5, 5.41) is 2.77. The third-order valence-corrected chi connectivity index (χ3v) is 4.85. The maximum absolute atomic E-state index is 13.1. The van der Waals surface area contributed by atoms with Crippen LogP contribution in [0.25, 0.3) is 0 Å². The van der Waals surface area contributed by atoms with E-state index in [1.165, 1.54) is 0 Å². The van der Waals surface area contributed by atoms with Crippen LogP contribution in [-0.4, -0.2) is 33.0 Å². The van der Waals surface area contributed by atoms with Crippen molar-refractivity contribution >= 4 is 17.8 Å². The fourth-order valence-corrected chi connectivity index (χ4v) is 3.60. The molecule has 7 nitrogen and oxygen atoms in total. The Kier molecular flexibility index (Phi) is 6.30. The van der Waals surface area contributed by atoms with Gasteiger partial charge in [0, 0.05) is 23.6 Å². The molecule has 3 aromatic rings. The van der Waals surface area contributed by atoms with E-state index in [2.05, 4.69) is 15.3 Å². The molecule has 0 spiro atoms. The summed E-state index contributed by atoms with van der Waals surface area (Å²) in [5.41, 5.74) is 4.61. The molecule has 0 atom stereocenters. The highest BCUT2D eigenvalue weighted by molar-refractivity contribution is 6.07. The molecular formula is C23H26N4O3. The summed E-state index contributed by atoms with van der Waals surface area (Å²) in [5.74, 6) is -0.562. The molecule has 0 aliphatic heterocycles. The van der Waals surface area contributed by atoms with Crippen LogP contribution in [0.2, 0.25) is 0 Å². The van der Waals surface area contributed by atoms with E-state index in [0.29, 0.717) is 29.1 Å². The molecule has 2 heterocycles. The Morgan fingerprint density at radius 1 is 1.03 bits per heavy atom. The zero-order valence-electron chi connectivity index (χ0n) is 17.9. The Balaban J connectivity index is 2.04. The molecule has 1 N–H and O–H groups in total. The van der Waals surface area contributed by atoms with Crippen LogP contribution in [0.1, 0.15) is 56.0 Å². The first-order valence-electron chi connectivity index (χ1n) is 9.86. The number of hydrogen-bond acceptors (Lipinski definition) is 5. The highest BCUT2D eigenvalue weighted by Crippen LogP contribution is 2.25. The second kappa shape index (κ2) is 8.90. The predicted molar refractivity (Wildman–Crippen MR) is 115 cm³/mol. The van der Waals surface area contributed by atoms with Crippen molar-refractivity contribution in [3.63, 3.8) is 0 Å². The van der Waals surface area contributed by atoms with Crippen LogP contribution >= 0.6 is 0 Å². The first-order chi connectivity index (χ1) is 14.3. The standard InChI is InChI=1S/C23H26N4O3/c1-6-30-22(29)20-16(4)19(17(5)27(20)13-18-10-8-7-9-11-18)21(28)26-23-24-14(2)12-15(3)25-23/h7-12H,6,13H2,1-5H3,(H,24,25,26,28). The Morgan fingerprint density at radius 3 is 2.27 bits per heavy atom. The number of esters is 1. The number of nitrogens with one attached hydrogen (secondary N) is 1. The summed E-state index contributed by atoms with van der Waals surface area (Å²) in [4.78, 5) is 34.4. The number of benzene rings is 1. The second-order valence-corrected chi connectivity index (χ2v) is 7.15. The Labute approximate surface area is 176 Å². The highest BCUT2D eigenvalue weighted by atomic mass is 16.5. The topological polar surface area (TPSA) is 86.1 Å².